The van der Waals surface area contributed by atoms with Gasteiger partial charge in [-0.05, 0) is 32.3 Å². The molecule has 5 heteroatoms. The van der Waals surface area contributed by atoms with Crippen molar-refractivity contribution in [3.63, 3.8) is 0 Å². The molecular formula is C14H22ClN3O. The van der Waals surface area contributed by atoms with Crippen LogP contribution in [0, 0.1) is 0 Å². The predicted octanol–water partition coefficient (Wildman–Crippen LogP) is 1.59. The summed E-state index contributed by atoms with van der Waals surface area (Å²) in [5.74, 6) is 0.804. The van der Waals surface area contributed by atoms with Crippen molar-refractivity contribution in [2.45, 2.75) is 12.1 Å². The quantitative estimate of drug-likeness (QED) is 0.915. The Hall–Kier alpha value is -0.810. The Labute approximate surface area is 120 Å². The van der Waals surface area contributed by atoms with Crippen molar-refractivity contribution >= 4 is 11.6 Å². The number of likely N-dealkylation sites (N-methyl/N-ethyl adjacent to an activating group) is 2. The van der Waals surface area contributed by atoms with Crippen LogP contribution in [0.4, 0.5) is 0 Å². The highest BCUT2D eigenvalue weighted by atomic mass is 35.5. The van der Waals surface area contributed by atoms with E-state index in [2.05, 4.69) is 23.9 Å². The normalized spacial score (nSPS) is 23.3. The first-order valence-electron chi connectivity index (χ1n) is 6.50. The van der Waals surface area contributed by atoms with Crippen LogP contribution in [0.2, 0.25) is 5.02 Å². The predicted molar refractivity (Wildman–Crippen MR) is 78.8 cm³/mol. The van der Waals surface area contributed by atoms with Crippen molar-refractivity contribution in [3.8, 4) is 5.75 Å². The van der Waals surface area contributed by atoms with E-state index in [4.69, 9.17) is 22.1 Å². The van der Waals surface area contributed by atoms with Crippen LogP contribution >= 0.6 is 11.6 Å². The Morgan fingerprint density at radius 3 is 2.79 bits per heavy atom. The van der Waals surface area contributed by atoms with Gasteiger partial charge in [-0.3, -0.25) is 4.90 Å². The molecule has 2 unspecified atom stereocenters. The standard InChI is InChI=1S/C14H22ClN3O/c1-17-6-7-18(2)12(9-17)14(16)11-8-10(15)4-5-13(11)19-3/h4-5,8,12,14H,6-7,9,16H2,1-3H3. The van der Waals surface area contributed by atoms with Gasteiger partial charge in [0, 0.05) is 36.3 Å². The second kappa shape index (κ2) is 6.09. The lowest BCUT2D eigenvalue weighted by Gasteiger charge is -2.41. The number of nitrogens with two attached hydrogens (primary N) is 1. The molecule has 1 saturated heterocycles. The first kappa shape index (κ1) is 14.6. The van der Waals surface area contributed by atoms with Gasteiger partial charge in [-0.2, -0.15) is 0 Å². The lowest BCUT2D eigenvalue weighted by molar-refractivity contribution is 0.0968. The monoisotopic (exact) mass is 283 g/mol. The molecule has 0 spiro atoms. The third kappa shape index (κ3) is 3.20. The highest BCUT2D eigenvalue weighted by Gasteiger charge is 2.30. The molecule has 0 amide bonds. The first-order chi connectivity index (χ1) is 9.02. The van der Waals surface area contributed by atoms with Crippen molar-refractivity contribution in [1.82, 2.24) is 9.80 Å². The second-order valence-electron chi connectivity index (χ2n) is 5.22. The molecule has 106 valence electrons. The molecule has 2 atom stereocenters. The molecule has 1 fully saturated rings. The lowest BCUT2D eigenvalue weighted by atomic mass is 9.96. The van der Waals surface area contributed by atoms with Gasteiger partial charge in [-0.25, -0.2) is 0 Å². The molecule has 0 aliphatic carbocycles. The van der Waals surface area contributed by atoms with Gasteiger partial charge >= 0.3 is 0 Å². The number of halogens is 1. The minimum atomic E-state index is -0.110. The molecule has 0 bridgehead atoms. The van der Waals surface area contributed by atoms with Gasteiger partial charge in [0.1, 0.15) is 5.75 Å². The zero-order valence-corrected chi connectivity index (χ0v) is 12.5. The van der Waals surface area contributed by atoms with Crippen LogP contribution in [0.15, 0.2) is 18.2 Å². The number of benzene rings is 1. The minimum Gasteiger partial charge on any atom is -0.496 e. The number of nitrogens with zero attached hydrogens (tertiary/aromatic N) is 2. The van der Waals surface area contributed by atoms with Crippen LogP contribution in [0.25, 0.3) is 0 Å². The van der Waals surface area contributed by atoms with Crippen molar-refractivity contribution in [2.75, 3.05) is 40.8 Å². The molecule has 4 nitrogen and oxygen atoms in total. The van der Waals surface area contributed by atoms with Gasteiger partial charge in [0.05, 0.1) is 13.2 Å². The fourth-order valence-corrected chi connectivity index (χ4v) is 2.79. The fourth-order valence-electron chi connectivity index (χ4n) is 2.60. The summed E-state index contributed by atoms with van der Waals surface area (Å²) in [6.07, 6.45) is 0. The van der Waals surface area contributed by atoms with E-state index in [1.165, 1.54) is 0 Å². The number of ether oxygens (including phenoxy) is 1. The molecule has 1 heterocycles. The Morgan fingerprint density at radius 2 is 2.11 bits per heavy atom. The van der Waals surface area contributed by atoms with Crippen LogP contribution < -0.4 is 10.5 Å². The number of methoxy groups -OCH3 is 1. The molecule has 2 rings (SSSR count). The third-order valence-electron chi connectivity index (χ3n) is 3.86. The first-order valence-corrected chi connectivity index (χ1v) is 6.88. The molecule has 1 aliphatic rings. The zero-order chi connectivity index (χ0) is 14.0. The Kier molecular flexibility index (Phi) is 4.68. The Balaban J connectivity index is 2.27. The number of hydrogen-bond donors (Lipinski definition) is 1. The molecular weight excluding hydrogens is 262 g/mol. The van der Waals surface area contributed by atoms with E-state index >= 15 is 0 Å². The smallest absolute Gasteiger partial charge is 0.123 e. The van der Waals surface area contributed by atoms with E-state index in [0.29, 0.717) is 5.02 Å². The van der Waals surface area contributed by atoms with Gasteiger partial charge in [0.25, 0.3) is 0 Å². The number of rotatable bonds is 3. The SMILES string of the molecule is COc1ccc(Cl)cc1C(N)C1CN(C)CCN1C. The van der Waals surface area contributed by atoms with Crippen LogP contribution in [-0.4, -0.2) is 56.7 Å². The highest BCUT2D eigenvalue weighted by molar-refractivity contribution is 6.30. The maximum absolute atomic E-state index is 6.46. The maximum Gasteiger partial charge on any atom is 0.123 e. The van der Waals surface area contributed by atoms with Gasteiger partial charge in [0.15, 0.2) is 0 Å². The summed E-state index contributed by atoms with van der Waals surface area (Å²) in [6.45, 7) is 3.05. The molecule has 1 aromatic carbocycles. The molecule has 2 N–H and O–H groups in total. The molecule has 0 radical (unpaired) electrons. The summed E-state index contributed by atoms with van der Waals surface area (Å²) in [7, 11) is 5.91. The molecule has 1 aromatic rings. The molecule has 19 heavy (non-hydrogen) atoms. The summed E-state index contributed by atoms with van der Waals surface area (Å²) in [5.41, 5.74) is 7.43. The second-order valence-corrected chi connectivity index (χ2v) is 5.66. The van der Waals surface area contributed by atoms with E-state index in [0.717, 1.165) is 30.9 Å². The van der Waals surface area contributed by atoms with Gasteiger partial charge < -0.3 is 15.4 Å². The minimum absolute atomic E-state index is 0.110. The lowest BCUT2D eigenvalue weighted by Crippen LogP contribution is -2.54. The average Bonchev–Trinajstić information content (AvgIpc) is 2.40. The van der Waals surface area contributed by atoms with Crippen molar-refractivity contribution in [2.24, 2.45) is 5.73 Å². The topological polar surface area (TPSA) is 41.7 Å². The van der Waals surface area contributed by atoms with Crippen LogP contribution in [-0.2, 0) is 0 Å². The number of piperazine rings is 1. The van der Waals surface area contributed by atoms with E-state index in [-0.39, 0.29) is 12.1 Å². The molecule has 0 saturated carbocycles. The van der Waals surface area contributed by atoms with Crippen LogP contribution in [0.5, 0.6) is 5.75 Å². The average molecular weight is 284 g/mol. The van der Waals surface area contributed by atoms with Crippen LogP contribution in [0.3, 0.4) is 0 Å². The van der Waals surface area contributed by atoms with Crippen molar-refractivity contribution < 1.29 is 4.74 Å². The summed E-state index contributed by atoms with van der Waals surface area (Å²) < 4.78 is 5.40. The Bertz CT molecular complexity index is 441. The van der Waals surface area contributed by atoms with E-state index in [1.807, 2.05) is 18.2 Å². The summed E-state index contributed by atoms with van der Waals surface area (Å²) >= 11 is 6.09. The molecule has 0 aromatic heterocycles. The number of hydrogen-bond acceptors (Lipinski definition) is 4. The highest BCUT2D eigenvalue weighted by Crippen LogP contribution is 2.31. The zero-order valence-electron chi connectivity index (χ0n) is 11.8. The van der Waals surface area contributed by atoms with Gasteiger partial charge in [-0.15, -0.1) is 0 Å². The van der Waals surface area contributed by atoms with Crippen molar-refractivity contribution in [3.05, 3.63) is 28.8 Å². The maximum atomic E-state index is 6.46. The van der Waals surface area contributed by atoms with Crippen molar-refractivity contribution in [1.29, 1.82) is 0 Å². The largest absolute Gasteiger partial charge is 0.496 e. The Morgan fingerprint density at radius 1 is 1.37 bits per heavy atom. The fraction of sp³-hybridized carbons (Fsp3) is 0.571. The van der Waals surface area contributed by atoms with E-state index in [9.17, 15) is 0 Å². The van der Waals surface area contributed by atoms with Gasteiger partial charge in [-0.1, -0.05) is 11.6 Å². The van der Waals surface area contributed by atoms with E-state index < -0.39 is 0 Å². The summed E-state index contributed by atoms with van der Waals surface area (Å²) in [5, 5.41) is 0.693. The van der Waals surface area contributed by atoms with E-state index in [1.54, 1.807) is 7.11 Å². The van der Waals surface area contributed by atoms with Gasteiger partial charge in [0.2, 0.25) is 0 Å². The summed E-state index contributed by atoms with van der Waals surface area (Å²) in [4.78, 5) is 4.62. The summed E-state index contributed by atoms with van der Waals surface area (Å²) in [6, 6.07) is 5.78. The van der Waals surface area contributed by atoms with Crippen LogP contribution in [0.1, 0.15) is 11.6 Å². The third-order valence-corrected chi connectivity index (χ3v) is 4.10. The molecule has 1 aliphatic heterocycles.